The smallest absolute Gasteiger partial charge is 0.410 e. The molecule has 23 nitrogen and oxygen atoms in total. The van der Waals surface area contributed by atoms with Gasteiger partial charge in [0, 0.05) is 104 Å². The van der Waals surface area contributed by atoms with Crippen LogP contribution >= 0.6 is 0 Å². The van der Waals surface area contributed by atoms with E-state index < -0.39 is 41.7 Å². The van der Waals surface area contributed by atoms with Gasteiger partial charge in [0.05, 0.1) is 19.0 Å². The van der Waals surface area contributed by atoms with E-state index >= 15 is 0 Å². The van der Waals surface area contributed by atoms with Crippen molar-refractivity contribution in [2.45, 2.75) is 187 Å². The summed E-state index contributed by atoms with van der Waals surface area (Å²) in [5.41, 5.74) is 1.88. The Morgan fingerprint density at radius 3 is 1.31 bits per heavy atom. The first-order valence-corrected chi connectivity index (χ1v) is 34.1. The predicted octanol–water partition coefficient (Wildman–Crippen LogP) is 9.02. The van der Waals surface area contributed by atoms with E-state index in [-0.39, 0.29) is 76.7 Å². The number of ether oxygens (including phenoxy) is 1. The molecule has 4 aliphatic rings. The van der Waals surface area contributed by atoms with Crippen LogP contribution in [0, 0.1) is 29.4 Å². The molecule has 3 aromatic heterocycles. The zero-order valence-corrected chi connectivity index (χ0v) is 57.8. The molecule has 5 heterocycles. The molecular weight excluding hydrogens is 1230 g/mol. The van der Waals surface area contributed by atoms with E-state index in [1.807, 2.05) is 30.7 Å². The minimum Gasteiger partial charge on any atom is -0.476 e. The summed E-state index contributed by atoms with van der Waals surface area (Å²) in [7, 11) is 6.86. The number of carboxylic acid groups (broad SMARTS) is 1. The number of nitrogens with zero attached hydrogens (tertiary/aromatic N) is 11. The minimum absolute atomic E-state index is 0.0187. The van der Waals surface area contributed by atoms with E-state index in [9.17, 15) is 47.1 Å². The summed E-state index contributed by atoms with van der Waals surface area (Å²) >= 11 is 0. The number of amides is 7. The van der Waals surface area contributed by atoms with Crippen LogP contribution in [0.4, 0.5) is 13.6 Å². The van der Waals surface area contributed by atoms with Gasteiger partial charge in [-0.3, -0.25) is 33.7 Å². The Balaban J connectivity index is 0.000000241. The summed E-state index contributed by atoms with van der Waals surface area (Å²) in [5, 5.41) is 14.5. The normalized spacial score (nSPS) is 17.9. The molecule has 25 heteroatoms. The van der Waals surface area contributed by atoms with E-state index in [0.29, 0.717) is 63.5 Å². The molecule has 2 aliphatic heterocycles. The molecule has 0 unspecified atom stereocenters. The lowest BCUT2D eigenvalue weighted by Crippen LogP contribution is -2.58. The van der Waals surface area contributed by atoms with Crippen LogP contribution in [0.5, 0.6) is 0 Å². The first-order valence-electron chi connectivity index (χ1n) is 34.1. The molecule has 524 valence electrons. The lowest BCUT2D eigenvalue weighted by Gasteiger charge is -2.37. The molecule has 2 saturated heterocycles. The topological polar surface area (TPSA) is 260 Å². The van der Waals surface area contributed by atoms with Gasteiger partial charge in [0.25, 0.3) is 11.8 Å². The van der Waals surface area contributed by atoms with E-state index in [0.717, 1.165) is 101 Å². The van der Waals surface area contributed by atoms with Crippen molar-refractivity contribution in [1.29, 1.82) is 0 Å². The van der Waals surface area contributed by atoms with E-state index in [1.54, 1.807) is 115 Å². The number of benzene rings is 2. The Morgan fingerprint density at radius 1 is 0.583 bits per heavy atom. The molecule has 0 bridgehead atoms. The number of likely N-dealkylation sites (N-methyl/N-ethyl adjacent to an activating group) is 1. The lowest BCUT2D eigenvalue weighted by molar-refractivity contribution is -0.140. The fourth-order valence-electron chi connectivity index (χ4n) is 12.9. The van der Waals surface area contributed by atoms with Crippen molar-refractivity contribution in [2.75, 3.05) is 46.3 Å². The number of likely N-dealkylation sites (tertiary alicyclic amines) is 2. The minimum atomic E-state index is -0.990. The average molecular weight is 1330 g/mol. The second kappa shape index (κ2) is 35.5. The number of aromatic carboxylic acids is 1. The Labute approximate surface area is 563 Å². The van der Waals surface area contributed by atoms with Crippen LogP contribution < -0.4 is 10.6 Å². The number of halogens is 2. The maximum atomic E-state index is 14.4. The number of carbonyl (C=O) groups excluding carboxylic acids is 7. The van der Waals surface area contributed by atoms with Gasteiger partial charge in [-0.1, -0.05) is 76.6 Å². The molecule has 2 saturated carbocycles. The Bertz CT molecular complexity index is 3370. The van der Waals surface area contributed by atoms with Crippen LogP contribution in [-0.2, 0) is 57.9 Å². The molecule has 96 heavy (non-hydrogen) atoms. The second-order valence-electron chi connectivity index (χ2n) is 27.3. The molecule has 2 aromatic carbocycles. The van der Waals surface area contributed by atoms with Gasteiger partial charge in [-0.05, 0) is 146 Å². The van der Waals surface area contributed by atoms with Gasteiger partial charge in [-0.15, -0.1) is 0 Å². The number of imidazole rings is 3. The van der Waals surface area contributed by atoms with Gasteiger partial charge in [-0.25, -0.2) is 33.3 Å². The third kappa shape index (κ3) is 21.8. The van der Waals surface area contributed by atoms with Crippen LogP contribution in [0.2, 0.25) is 0 Å². The summed E-state index contributed by atoms with van der Waals surface area (Å²) in [6.45, 7) is 13.5. The maximum absolute atomic E-state index is 14.4. The molecule has 6 atom stereocenters. The van der Waals surface area contributed by atoms with Gasteiger partial charge in [-0.2, -0.15) is 0 Å². The largest absolute Gasteiger partial charge is 0.476 e. The first kappa shape index (κ1) is 74.9. The number of nitrogens with one attached hydrogen (secondary N) is 2. The van der Waals surface area contributed by atoms with Crippen LogP contribution in [0.25, 0.3) is 0 Å². The number of rotatable bonds is 23. The van der Waals surface area contributed by atoms with Gasteiger partial charge in [0.2, 0.25) is 23.6 Å². The standard InChI is InChI=1S/C35H51FN6O5.C31H44FN5O3.C5H6N2O2/c1-24(40(6)34(46)47-35(2,3)4)31(43)38-30(26-11-8-7-9-12-26)33(45)42-19-10-13-28(42)21-41(32(44)29-22-39(5)23-37-29)20-18-25-14-16-27(36)17-15-25;1-4-22(2)29(38)34-28(24-9-6-5-7-10-24)31(40)37-17-8-11-26(37)19-36(30(39)27-20-35(3)21-33-27)18-16-23-12-14-25(32)15-13-23;1-7-2-4(5(8)9)6-3-7/h14-17,22-24,26,28,30H,7-13,18-21H2,1-6H3,(H,38,43);12-15,20-22,24,26,28H,4-11,16-19H2,1-3H3,(H,34,38);2-3H,1H3,(H,8,9)/t24-,28-,30-;22-,26+,28+;/m01./s1. The van der Waals surface area contributed by atoms with Crippen LogP contribution in [0.1, 0.15) is 180 Å². The van der Waals surface area contributed by atoms with Crippen molar-refractivity contribution in [1.82, 2.24) is 63.8 Å². The maximum Gasteiger partial charge on any atom is 0.410 e. The Kier molecular flexibility index (Phi) is 27.7. The highest BCUT2D eigenvalue weighted by Gasteiger charge is 2.42. The highest BCUT2D eigenvalue weighted by Crippen LogP contribution is 2.32. The van der Waals surface area contributed by atoms with Crippen LogP contribution in [0.15, 0.2) is 86.1 Å². The first-order chi connectivity index (χ1) is 45.7. The molecule has 2 aliphatic carbocycles. The number of carboxylic acids is 1. The number of hydrogen-bond acceptors (Lipinski definition) is 12. The number of aryl methyl sites for hydroxylation is 3. The zero-order chi connectivity index (χ0) is 69.8. The van der Waals surface area contributed by atoms with Crippen molar-refractivity contribution in [3.8, 4) is 0 Å². The van der Waals surface area contributed by atoms with Gasteiger partial charge >= 0.3 is 12.1 Å². The third-order valence-corrected chi connectivity index (χ3v) is 18.8. The van der Waals surface area contributed by atoms with Crippen molar-refractivity contribution < 1.29 is 57.0 Å². The Morgan fingerprint density at radius 2 is 0.969 bits per heavy atom. The highest BCUT2D eigenvalue weighted by atomic mass is 19.1. The molecule has 4 fully saturated rings. The molecule has 5 aromatic rings. The van der Waals surface area contributed by atoms with E-state index in [1.165, 1.54) is 55.2 Å². The second-order valence-corrected chi connectivity index (χ2v) is 27.3. The van der Waals surface area contributed by atoms with Crippen molar-refractivity contribution >= 4 is 47.5 Å². The molecule has 0 spiro atoms. The molecule has 9 rings (SSSR count). The summed E-state index contributed by atoms with van der Waals surface area (Å²) in [6, 6.07) is 10.1. The van der Waals surface area contributed by atoms with Crippen molar-refractivity contribution in [2.24, 2.45) is 38.9 Å². The number of hydrogen-bond donors (Lipinski definition) is 3. The quantitative estimate of drug-likeness (QED) is 0.0552. The van der Waals surface area contributed by atoms with Crippen molar-refractivity contribution in [3.05, 3.63) is 126 Å². The molecular formula is C71H101F2N13O10. The average Bonchev–Trinajstić information content (AvgIpc) is 1.59. The fraction of sp³-hybridized carbons (Fsp3) is 0.592. The van der Waals surface area contributed by atoms with Crippen LogP contribution in [-0.4, -0.2) is 188 Å². The van der Waals surface area contributed by atoms with Crippen LogP contribution in [0.3, 0.4) is 0 Å². The monoisotopic (exact) mass is 1330 g/mol. The summed E-state index contributed by atoms with van der Waals surface area (Å²) in [5.74, 6) is -2.69. The van der Waals surface area contributed by atoms with E-state index in [4.69, 9.17) is 9.84 Å². The zero-order valence-electron chi connectivity index (χ0n) is 57.8. The summed E-state index contributed by atoms with van der Waals surface area (Å²) < 4.78 is 37.5. The number of carbonyl (C=O) groups is 8. The highest BCUT2D eigenvalue weighted by molar-refractivity contribution is 5.94. The molecule has 0 radical (unpaired) electrons. The Hall–Kier alpha value is -8.51. The summed E-state index contributed by atoms with van der Waals surface area (Å²) in [4.78, 5) is 126. The molecule has 3 N–H and O–H groups in total. The number of aromatic nitrogens is 6. The van der Waals surface area contributed by atoms with Gasteiger partial charge < -0.3 is 53.8 Å². The van der Waals surface area contributed by atoms with Gasteiger partial charge in [0.15, 0.2) is 5.69 Å². The summed E-state index contributed by atoms with van der Waals surface area (Å²) in [6.07, 6.45) is 23.7. The van der Waals surface area contributed by atoms with Gasteiger partial charge in [0.1, 0.15) is 46.7 Å². The SMILES string of the molecule is CC[C@@H](C)C(=O)N[C@H](C(=O)N1CCC[C@H]1CN(CCc1ccc(F)cc1)C(=O)c1cn(C)cn1)C1CCCCC1.C[C@@H](C(=O)N[C@H](C(=O)N1CCC[C@H]1CN(CCc1ccc(F)cc1)C(=O)c1cn(C)cn1)C1CCCCC1)N(C)C(=O)OC(C)(C)C.Cn1cnc(C(=O)O)c1. The van der Waals surface area contributed by atoms with Crippen molar-refractivity contribution in [3.63, 3.8) is 0 Å². The van der Waals surface area contributed by atoms with E-state index in [2.05, 4.69) is 25.6 Å². The third-order valence-electron chi connectivity index (χ3n) is 18.8. The predicted molar refractivity (Wildman–Crippen MR) is 358 cm³/mol. The fourth-order valence-corrected chi connectivity index (χ4v) is 12.9. The lowest BCUT2D eigenvalue weighted by atomic mass is 9.83. The molecule has 7 amide bonds.